The third kappa shape index (κ3) is 4.47. The third-order valence-electron chi connectivity index (χ3n) is 4.02. The van der Waals surface area contributed by atoms with Crippen molar-refractivity contribution in [3.05, 3.63) is 57.7 Å². The molecule has 0 aromatic heterocycles. The summed E-state index contributed by atoms with van der Waals surface area (Å²) in [5.74, 6) is 0.956. The van der Waals surface area contributed by atoms with Crippen molar-refractivity contribution in [2.24, 2.45) is 4.99 Å². The number of halogens is 1. The van der Waals surface area contributed by atoms with Crippen LogP contribution in [0.15, 0.2) is 53.5 Å². The fourth-order valence-corrected chi connectivity index (χ4v) is 3.54. The van der Waals surface area contributed by atoms with Crippen molar-refractivity contribution in [2.45, 2.75) is 26.2 Å². The summed E-state index contributed by atoms with van der Waals surface area (Å²) in [5, 5.41) is 3.51. The lowest BCUT2D eigenvalue weighted by atomic mass is 10.1. The zero-order valence-electron chi connectivity index (χ0n) is 13.4. The average Bonchev–Trinajstić information content (AvgIpc) is 2.58. The van der Waals surface area contributed by atoms with Crippen LogP contribution in [0.4, 0.5) is 11.4 Å². The molecular weight excluding hydrogens is 397 g/mol. The second-order valence-corrected chi connectivity index (χ2v) is 7.09. The third-order valence-corrected chi connectivity index (χ3v) is 4.88. The summed E-state index contributed by atoms with van der Waals surface area (Å²) in [5.41, 5.74) is 3.38. The molecule has 3 rings (SSSR count). The van der Waals surface area contributed by atoms with Gasteiger partial charge in [0.1, 0.15) is 0 Å². The van der Waals surface area contributed by atoms with Crippen molar-refractivity contribution >= 4 is 39.9 Å². The van der Waals surface area contributed by atoms with Crippen LogP contribution in [0.5, 0.6) is 0 Å². The number of nitrogens with one attached hydrogen (secondary N) is 1. The number of aryl methyl sites for hydroxylation is 1. The Morgan fingerprint density at radius 3 is 2.48 bits per heavy atom. The summed E-state index contributed by atoms with van der Waals surface area (Å²) < 4.78 is 1.19. The van der Waals surface area contributed by atoms with Gasteiger partial charge in [0.2, 0.25) is 5.96 Å². The number of guanidine groups is 1. The zero-order valence-corrected chi connectivity index (χ0v) is 15.6. The van der Waals surface area contributed by atoms with E-state index in [1.807, 2.05) is 18.2 Å². The summed E-state index contributed by atoms with van der Waals surface area (Å²) >= 11 is 2.37. The first-order valence-corrected chi connectivity index (χ1v) is 9.22. The summed E-state index contributed by atoms with van der Waals surface area (Å²) in [6.45, 7) is 4.26. The minimum atomic E-state index is 0.956. The number of piperidine rings is 1. The molecule has 120 valence electrons. The van der Waals surface area contributed by atoms with Gasteiger partial charge in [-0.05, 0) is 78.6 Å². The predicted molar refractivity (Wildman–Crippen MR) is 106 cm³/mol. The average molecular weight is 419 g/mol. The number of rotatable bonds is 2. The number of likely N-dealkylation sites (tertiary alicyclic amines) is 1. The molecule has 3 nitrogen and oxygen atoms in total. The second kappa shape index (κ2) is 7.81. The Morgan fingerprint density at radius 1 is 1.04 bits per heavy atom. The molecule has 0 aliphatic carbocycles. The molecule has 1 saturated heterocycles. The van der Waals surface area contributed by atoms with Crippen molar-refractivity contribution < 1.29 is 0 Å². The molecule has 1 N–H and O–H groups in total. The standard InChI is InChI=1S/C19H22IN3/c1-15-10-11-18(17(20)14-15)22-19(23-12-6-3-7-13-23)21-16-8-4-2-5-9-16/h2,4-5,8-11,14H,3,6-7,12-13H2,1H3,(H,21,22). The highest BCUT2D eigenvalue weighted by molar-refractivity contribution is 14.1. The van der Waals surface area contributed by atoms with Crippen LogP contribution in [0.3, 0.4) is 0 Å². The van der Waals surface area contributed by atoms with Crippen LogP contribution in [0.2, 0.25) is 0 Å². The Kier molecular flexibility index (Phi) is 5.54. The molecule has 0 spiro atoms. The lowest BCUT2D eigenvalue weighted by Crippen LogP contribution is -2.39. The predicted octanol–water partition coefficient (Wildman–Crippen LogP) is 5.19. The van der Waals surface area contributed by atoms with Gasteiger partial charge in [-0.2, -0.15) is 0 Å². The van der Waals surface area contributed by atoms with Crippen LogP contribution in [-0.2, 0) is 0 Å². The lowest BCUT2D eigenvalue weighted by Gasteiger charge is -2.30. The number of nitrogens with zero attached hydrogens (tertiary/aromatic N) is 2. The molecule has 1 fully saturated rings. The maximum Gasteiger partial charge on any atom is 0.203 e. The Bertz CT molecular complexity index is 676. The van der Waals surface area contributed by atoms with E-state index < -0.39 is 0 Å². The van der Waals surface area contributed by atoms with E-state index in [-0.39, 0.29) is 0 Å². The number of hydrogen-bond donors (Lipinski definition) is 1. The van der Waals surface area contributed by atoms with Crippen molar-refractivity contribution in [3.8, 4) is 0 Å². The molecule has 0 atom stereocenters. The van der Waals surface area contributed by atoms with E-state index in [9.17, 15) is 0 Å². The molecule has 2 aromatic carbocycles. The van der Waals surface area contributed by atoms with Crippen LogP contribution >= 0.6 is 22.6 Å². The van der Waals surface area contributed by atoms with Crippen LogP contribution in [-0.4, -0.2) is 23.9 Å². The molecule has 0 unspecified atom stereocenters. The Balaban J connectivity index is 1.91. The van der Waals surface area contributed by atoms with Gasteiger partial charge < -0.3 is 10.2 Å². The first-order chi connectivity index (χ1) is 11.2. The van der Waals surface area contributed by atoms with E-state index in [1.54, 1.807) is 0 Å². The van der Waals surface area contributed by atoms with Gasteiger partial charge in [-0.3, -0.25) is 0 Å². The monoisotopic (exact) mass is 419 g/mol. The molecule has 1 aliphatic heterocycles. The molecule has 23 heavy (non-hydrogen) atoms. The number of hydrogen-bond acceptors (Lipinski definition) is 1. The topological polar surface area (TPSA) is 27.6 Å². The smallest absolute Gasteiger partial charge is 0.203 e. The molecule has 0 radical (unpaired) electrons. The van der Waals surface area contributed by atoms with Gasteiger partial charge in [0, 0.05) is 22.3 Å². The van der Waals surface area contributed by atoms with E-state index in [0.29, 0.717) is 0 Å². The van der Waals surface area contributed by atoms with Gasteiger partial charge in [0.05, 0.1) is 5.69 Å². The Morgan fingerprint density at radius 2 is 1.78 bits per heavy atom. The van der Waals surface area contributed by atoms with Crippen molar-refractivity contribution in [3.63, 3.8) is 0 Å². The first-order valence-electron chi connectivity index (χ1n) is 8.14. The summed E-state index contributed by atoms with van der Waals surface area (Å²) in [4.78, 5) is 7.31. The molecule has 0 amide bonds. The van der Waals surface area contributed by atoms with Gasteiger partial charge in [0.25, 0.3) is 0 Å². The minimum Gasteiger partial charge on any atom is -0.342 e. The van der Waals surface area contributed by atoms with Gasteiger partial charge >= 0.3 is 0 Å². The SMILES string of the molecule is Cc1ccc(N=C(Nc2ccccc2)N2CCCCC2)c(I)c1. The van der Waals surface area contributed by atoms with E-state index in [0.717, 1.165) is 30.4 Å². The van der Waals surface area contributed by atoms with Gasteiger partial charge in [0.15, 0.2) is 0 Å². The highest BCUT2D eigenvalue weighted by Crippen LogP contribution is 2.24. The first kappa shape index (κ1) is 16.3. The molecule has 0 saturated carbocycles. The molecule has 2 aromatic rings. The van der Waals surface area contributed by atoms with E-state index in [4.69, 9.17) is 4.99 Å². The normalized spacial score (nSPS) is 15.6. The van der Waals surface area contributed by atoms with Crippen molar-refractivity contribution in [1.29, 1.82) is 0 Å². The maximum atomic E-state index is 4.94. The molecule has 1 aliphatic rings. The number of benzene rings is 2. The van der Waals surface area contributed by atoms with E-state index >= 15 is 0 Å². The van der Waals surface area contributed by atoms with Crippen LogP contribution in [0.25, 0.3) is 0 Å². The summed E-state index contributed by atoms with van der Waals surface area (Å²) in [6, 6.07) is 16.7. The fraction of sp³-hybridized carbons (Fsp3) is 0.316. The molecule has 4 heteroatoms. The van der Waals surface area contributed by atoms with Crippen LogP contribution in [0.1, 0.15) is 24.8 Å². The number of anilines is 1. The zero-order chi connectivity index (χ0) is 16.1. The van der Waals surface area contributed by atoms with Crippen molar-refractivity contribution in [2.75, 3.05) is 18.4 Å². The Labute approximate surface area is 152 Å². The summed E-state index contributed by atoms with van der Waals surface area (Å²) in [6.07, 6.45) is 3.79. The molecule has 0 bridgehead atoms. The van der Waals surface area contributed by atoms with Crippen LogP contribution in [0, 0.1) is 10.5 Å². The lowest BCUT2D eigenvalue weighted by molar-refractivity contribution is 0.341. The maximum absolute atomic E-state index is 4.94. The quantitative estimate of drug-likeness (QED) is 0.413. The highest BCUT2D eigenvalue weighted by Gasteiger charge is 2.15. The van der Waals surface area contributed by atoms with Crippen LogP contribution < -0.4 is 5.32 Å². The Hall–Kier alpha value is -1.56. The number of aliphatic imine (C=N–C) groups is 1. The fourth-order valence-electron chi connectivity index (χ4n) is 2.75. The van der Waals surface area contributed by atoms with Gasteiger partial charge in [-0.25, -0.2) is 4.99 Å². The van der Waals surface area contributed by atoms with Gasteiger partial charge in [-0.1, -0.05) is 24.3 Å². The minimum absolute atomic E-state index is 0.956. The summed E-state index contributed by atoms with van der Waals surface area (Å²) in [7, 11) is 0. The molecular formula is C19H22IN3. The number of para-hydroxylation sites is 1. The van der Waals surface area contributed by atoms with E-state index in [2.05, 4.69) is 70.1 Å². The highest BCUT2D eigenvalue weighted by atomic mass is 127. The van der Waals surface area contributed by atoms with Crippen molar-refractivity contribution in [1.82, 2.24) is 4.90 Å². The largest absolute Gasteiger partial charge is 0.342 e. The van der Waals surface area contributed by atoms with Gasteiger partial charge in [-0.15, -0.1) is 0 Å². The second-order valence-electron chi connectivity index (χ2n) is 5.93. The van der Waals surface area contributed by atoms with E-state index in [1.165, 1.54) is 28.4 Å². The molecule has 1 heterocycles.